The van der Waals surface area contributed by atoms with Gasteiger partial charge in [-0.05, 0) is 30.4 Å². The van der Waals surface area contributed by atoms with Gasteiger partial charge in [0, 0.05) is 36.8 Å². The van der Waals surface area contributed by atoms with Crippen LogP contribution in [0.4, 0.5) is 13.2 Å². The summed E-state index contributed by atoms with van der Waals surface area (Å²) in [5.41, 5.74) is 3.40. The molecule has 11 heteroatoms. The number of fused-ring (bicyclic) bond motifs is 1. The number of aromatic nitrogens is 2. The molecule has 2 fully saturated rings. The van der Waals surface area contributed by atoms with Crippen LogP contribution in [0.15, 0.2) is 35.4 Å². The van der Waals surface area contributed by atoms with E-state index in [2.05, 4.69) is 9.97 Å². The number of carboxylic acids is 1. The summed E-state index contributed by atoms with van der Waals surface area (Å²) in [7, 11) is 0. The van der Waals surface area contributed by atoms with E-state index in [0.29, 0.717) is 24.1 Å². The Morgan fingerprint density at radius 1 is 1.29 bits per heavy atom. The fraction of sp³-hybridized carbons (Fsp3) is 0.500. The number of thiazole rings is 1. The molecule has 4 rings (SSSR count). The van der Waals surface area contributed by atoms with Crippen LogP contribution in [-0.2, 0) is 16.1 Å². The Bertz CT molecular complexity index is 864. The van der Waals surface area contributed by atoms with Gasteiger partial charge >= 0.3 is 12.1 Å². The maximum atomic E-state index is 12.6. The van der Waals surface area contributed by atoms with Gasteiger partial charge in [0.1, 0.15) is 5.69 Å². The fourth-order valence-corrected chi connectivity index (χ4v) is 4.48. The Kier molecular flexibility index (Phi) is 7.60. The highest BCUT2D eigenvalue weighted by Gasteiger charge is 2.42. The lowest BCUT2D eigenvalue weighted by Crippen LogP contribution is -2.34. The molecule has 2 aromatic rings. The molecule has 1 saturated heterocycles. The Morgan fingerprint density at radius 3 is 2.68 bits per heavy atom. The van der Waals surface area contributed by atoms with E-state index < -0.39 is 12.1 Å². The van der Waals surface area contributed by atoms with Gasteiger partial charge in [-0.3, -0.25) is 9.78 Å². The minimum atomic E-state index is -5.08. The maximum absolute atomic E-state index is 12.6. The van der Waals surface area contributed by atoms with Crippen molar-refractivity contribution in [1.82, 2.24) is 14.9 Å². The van der Waals surface area contributed by atoms with Gasteiger partial charge in [-0.25, -0.2) is 9.78 Å². The summed E-state index contributed by atoms with van der Waals surface area (Å²) >= 11 is 1.47. The molecule has 1 amide bonds. The predicted molar refractivity (Wildman–Crippen MR) is 105 cm³/mol. The largest absolute Gasteiger partial charge is 0.490 e. The van der Waals surface area contributed by atoms with Gasteiger partial charge in [0.25, 0.3) is 5.91 Å². The quantitative estimate of drug-likeness (QED) is 0.754. The average molecular weight is 457 g/mol. The molecule has 1 unspecified atom stereocenters. The van der Waals surface area contributed by atoms with Gasteiger partial charge in [-0.2, -0.15) is 13.2 Å². The van der Waals surface area contributed by atoms with Crippen molar-refractivity contribution in [2.75, 3.05) is 13.1 Å². The second-order valence-corrected chi connectivity index (χ2v) is 8.17. The number of alkyl halides is 3. The van der Waals surface area contributed by atoms with E-state index in [9.17, 15) is 18.0 Å². The third kappa shape index (κ3) is 6.23. The summed E-state index contributed by atoms with van der Waals surface area (Å²) in [6.07, 6.45) is 2.24. The number of nitrogens with zero attached hydrogens (tertiary/aromatic N) is 3. The summed E-state index contributed by atoms with van der Waals surface area (Å²) < 4.78 is 37.9. The lowest BCUT2D eigenvalue weighted by atomic mass is 9.79. The standard InChI is InChI=1S/C18H21N3O2S.C2HF3O2/c22-18(16-11-24-12-20-16)21-8-14-4-1-5-17(15(14)9-21)23-10-13-3-2-6-19-7-13;3-2(4,5)1(6)7/h2-3,6-7,11-12,14-15,17H,1,4-5,8-10H2;(H,6,7)/t14-,15+,17?;/m1./s1. The molecule has 1 aliphatic heterocycles. The van der Waals surface area contributed by atoms with E-state index in [1.165, 1.54) is 24.2 Å². The van der Waals surface area contributed by atoms with Crippen LogP contribution in [0.1, 0.15) is 35.3 Å². The summed E-state index contributed by atoms with van der Waals surface area (Å²) in [4.78, 5) is 31.7. The van der Waals surface area contributed by atoms with Crippen molar-refractivity contribution in [1.29, 1.82) is 0 Å². The van der Waals surface area contributed by atoms with Crippen LogP contribution in [0.2, 0.25) is 0 Å². The Morgan fingerprint density at radius 2 is 2.06 bits per heavy atom. The fourth-order valence-electron chi connectivity index (χ4n) is 3.96. The number of hydrogen-bond acceptors (Lipinski definition) is 6. The molecule has 31 heavy (non-hydrogen) atoms. The van der Waals surface area contributed by atoms with Gasteiger partial charge in [0.05, 0.1) is 18.2 Å². The summed E-state index contributed by atoms with van der Waals surface area (Å²) in [5.74, 6) is -1.69. The van der Waals surface area contributed by atoms with Gasteiger partial charge in [0.2, 0.25) is 0 Å². The highest BCUT2D eigenvalue weighted by Crippen LogP contribution is 2.38. The number of pyridine rings is 1. The van der Waals surface area contributed by atoms with Crippen LogP contribution < -0.4 is 0 Å². The van der Waals surface area contributed by atoms with E-state index in [0.717, 1.165) is 25.1 Å². The second kappa shape index (κ2) is 10.2. The Labute approximate surface area is 180 Å². The average Bonchev–Trinajstić information content (AvgIpc) is 3.42. The molecule has 168 valence electrons. The third-order valence-electron chi connectivity index (χ3n) is 5.40. The SMILES string of the molecule is O=C(O)C(F)(F)F.O=C(c1cscn1)N1C[C@H]2CCCC(OCc3cccnc3)[C@H]2C1. The number of carbonyl (C=O) groups excluding carboxylic acids is 1. The van der Waals surface area contributed by atoms with Crippen LogP contribution in [0.5, 0.6) is 0 Å². The van der Waals surface area contributed by atoms with Gasteiger partial charge < -0.3 is 14.7 Å². The number of halogens is 3. The van der Waals surface area contributed by atoms with Gasteiger partial charge in [-0.15, -0.1) is 11.3 Å². The van der Waals surface area contributed by atoms with Crippen molar-refractivity contribution in [3.05, 3.63) is 46.7 Å². The number of aliphatic carboxylic acids is 1. The lowest BCUT2D eigenvalue weighted by molar-refractivity contribution is -0.192. The van der Waals surface area contributed by atoms with Gasteiger partial charge in [-0.1, -0.05) is 12.5 Å². The smallest absolute Gasteiger partial charge is 0.475 e. The molecule has 0 radical (unpaired) electrons. The molecule has 3 heterocycles. The molecule has 2 aromatic heterocycles. The first-order valence-corrected chi connectivity index (χ1v) is 10.7. The molecule has 1 saturated carbocycles. The maximum Gasteiger partial charge on any atom is 0.490 e. The third-order valence-corrected chi connectivity index (χ3v) is 5.99. The van der Waals surface area contributed by atoms with E-state index in [1.54, 1.807) is 11.7 Å². The highest BCUT2D eigenvalue weighted by molar-refractivity contribution is 7.07. The van der Waals surface area contributed by atoms with Crippen LogP contribution in [0, 0.1) is 11.8 Å². The number of likely N-dealkylation sites (tertiary alicyclic amines) is 1. The first kappa shape index (κ1) is 23.1. The zero-order valence-corrected chi connectivity index (χ0v) is 17.3. The first-order valence-electron chi connectivity index (χ1n) is 9.73. The van der Waals surface area contributed by atoms with Crippen molar-refractivity contribution < 1.29 is 32.6 Å². The van der Waals surface area contributed by atoms with Gasteiger partial charge in [0.15, 0.2) is 0 Å². The van der Waals surface area contributed by atoms with Crippen molar-refractivity contribution in [3.8, 4) is 0 Å². The summed E-state index contributed by atoms with van der Waals surface area (Å²) in [6, 6.07) is 3.98. The zero-order valence-electron chi connectivity index (χ0n) is 16.5. The van der Waals surface area contributed by atoms with E-state index in [1.807, 2.05) is 28.6 Å². The minimum Gasteiger partial charge on any atom is -0.475 e. The predicted octanol–water partition coefficient (Wildman–Crippen LogP) is 3.63. The molecular weight excluding hydrogens is 435 g/mol. The molecule has 1 aliphatic carbocycles. The molecule has 1 N–H and O–H groups in total. The van der Waals surface area contributed by atoms with Crippen molar-refractivity contribution in [2.45, 2.75) is 38.1 Å². The molecule has 0 spiro atoms. The number of rotatable bonds is 4. The van der Waals surface area contributed by atoms with Crippen molar-refractivity contribution >= 4 is 23.2 Å². The molecule has 3 atom stereocenters. The topological polar surface area (TPSA) is 92.6 Å². The molecule has 0 bridgehead atoms. The summed E-state index contributed by atoms with van der Waals surface area (Å²) in [5, 5.41) is 8.96. The Hall–Kier alpha value is -2.53. The number of amides is 1. The highest BCUT2D eigenvalue weighted by atomic mass is 32.1. The van der Waals surface area contributed by atoms with Crippen LogP contribution >= 0.6 is 11.3 Å². The van der Waals surface area contributed by atoms with E-state index in [4.69, 9.17) is 14.6 Å². The van der Waals surface area contributed by atoms with Crippen molar-refractivity contribution in [2.24, 2.45) is 11.8 Å². The number of carboxylic acid groups (broad SMARTS) is 1. The zero-order chi connectivity index (χ0) is 22.4. The van der Waals surface area contributed by atoms with Crippen LogP contribution in [-0.4, -0.2) is 57.2 Å². The normalized spacial score (nSPS) is 22.9. The number of carbonyl (C=O) groups is 2. The molecular formula is C20H22F3N3O4S. The molecule has 7 nitrogen and oxygen atoms in total. The summed E-state index contributed by atoms with van der Waals surface area (Å²) in [6.45, 7) is 2.23. The van der Waals surface area contributed by atoms with Crippen LogP contribution in [0.25, 0.3) is 0 Å². The lowest BCUT2D eigenvalue weighted by Gasteiger charge is -2.32. The first-order chi connectivity index (χ1) is 14.8. The monoisotopic (exact) mass is 457 g/mol. The molecule has 2 aliphatic rings. The van der Waals surface area contributed by atoms with Crippen molar-refractivity contribution in [3.63, 3.8) is 0 Å². The number of hydrogen-bond donors (Lipinski definition) is 1. The van der Waals surface area contributed by atoms with Crippen LogP contribution in [0.3, 0.4) is 0 Å². The number of ether oxygens (including phenoxy) is 1. The minimum absolute atomic E-state index is 0.0664. The van der Waals surface area contributed by atoms with E-state index >= 15 is 0 Å². The Balaban J connectivity index is 0.000000339. The molecule has 0 aromatic carbocycles. The second-order valence-electron chi connectivity index (χ2n) is 7.45. The van der Waals surface area contributed by atoms with E-state index in [-0.39, 0.29) is 12.0 Å².